The maximum Gasteiger partial charge on any atom is 0.0769 e. The molecule has 1 rings (SSSR count). The van der Waals surface area contributed by atoms with E-state index in [9.17, 15) is 0 Å². The van der Waals surface area contributed by atoms with Crippen molar-refractivity contribution in [1.82, 2.24) is 0 Å². The van der Waals surface area contributed by atoms with E-state index in [1.807, 2.05) is 26.0 Å². The SMILES string of the molecule is CC(C)c1ccccc1C(C)(C)C#N. The van der Waals surface area contributed by atoms with Crippen LogP contribution in [-0.4, -0.2) is 0 Å². The summed E-state index contributed by atoms with van der Waals surface area (Å²) >= 11 is 0. The molecule has 0 saturated carbocycles. The van der Waals surface area contributed by atoms with Crippen LogP contribution in [0.1, 0.15) is 44.7 Å². The molecule has 1 aromatic carbocycles. The topological polar surface area (TPSA) is 23.8 Å². The molecule has 0 aliphatic carbocycles. The molecule has 0 aromatic heterocycles. The summed E-state index contributed by atoms with van der Waals surface area (Å²) in [6.07, 6.45) is 0. The highest BCUT2D eigenvalue weighted by atomic mass is 14.3. The van der Waals surface area contributed by atoms with E-state index in [2.05, 4.69) is 32.0 Å². The monoisotopic (exact) mass is 187 g/mol. The van der Waals surface area contributed by atoms with E-state index in [4.69, 9.17) is 5.26 Å². The molecular formula is C13H17N. The average molecular weight is 187 g/mol. The second-order valence-electron chi connectivity index (χ2n) is 4.48. The lowest BCUT2D eigenvalue weighted by Gasteiger charge is -2.21. The molecule has 0 saturated heterocycles. The van der Waals surface area contributed by atoms with Crippen LogP contribution in [0.2, 0.25) is 0 Å². The van der Waals surface area contributed by atoms with E-state index >= 15 is 0 Å². The van der Waals surface area contributed by atoms with Gasteiger partial charge in [0.1, 0.15) is 0 Å². The molecule has 1 aromatic rings. The zero-order valence-corrected chi connectivity index (χ0v) is 9.33. The normalized spacial score (nSPS) is 11.4. The number of hydrogen-bond donors (Lipinski definition) is 0. The second-order valence-corrected chi connectivity index (χ2v) is 4.48. The van der Waals surface area contributed by atoms with Gasteiger partial charge in [0.25, 0.3) is 0 Å². The Morgan fingerprint density at radius 1 is 1.21 bits per heavy atom. The zero-order valence-electron chi connectivity index (χ0n) is 9.33. The van der Waals surface area contributed by atoms with Gasteiger partial charge in [-0.05, 0) is 30.9 Å². The van der Waals surface area contributed by atoms with Crippen molar-refractivity contribution in [2.45, 2.75) is 39.0 Å². The maximum absolute atomic E-state index is 9.10. The van der Waals surface area contributed by atoms with Gasteiger partial charge in [-0.3, -0.25) is 0 Å². The Labute approximate surface area is 86.4 Å². The molecule has 0 fully saturated rings. The van der Waals surface area contributed by atoms with Crippen molar-refractivity contribution in [3.05, 3.63) is 35.4 Å². The lowest BCUT2D eigenvalue weighted by Crippen LogP contribution is -2.16. The molecule has 0 spiro atoms. The smallest absolute Gasteiger partial charge is 0.0769 e. The summed E-state index contributed by atoms with van der Waals surface area (Å²) < 4.78 is 0. The minimum atomic E-state index is -0.388. The Kier molecular flexibility index (Phi) is 2.96. The van der Waals surface area contributed by atoms with Crippen LogP contribution in [0.25, 0.3) is 0 Å². The van der Waals surface area contributed by atoms with Crippen molar-refractivity contribution >= 4 is 0 Å². The molecule has 14 heavy (non-hydrogen) atoms. The number of benzene rings is 1. The molecule has 0 aliphatic rings. The first-order valence-electron chi connectivity index (χ1n) is 4.99. The molecule has 74 valence electrons. The van der Waals surface area contributed by atoms with Crippen LogP contribution >= 0.6 is 0 Å². The molecule has 0 amide bonds. The molecule has 0 heterocycles. The van der Waals surface area contributed by atoms with Crippen molar-refractivity contribution in [2.24, 2.45) is 0 Å². The minimum absolute atomic E-state index is 0.388. The van der Waals surface area contributed by atoms with Crippen LogP contribution in [0.3, 0.4) is 0 Å². The third kappa shape index (κ3) is 1.96. The highest BCUT2D eigenvalue weighted by molar-refractivity contribution is 5.39. The molecule has 0 N–H and O–H groups in total. The van der Waals surface area contributed by atoms with E-state index in [0.717, 1.165) is 5.56 Å². The molecule has 0 atom stereocenters. The van der Waals surface area contributed by atoms with Crippen molar-refractivity contribution in [3.63, 3.8) is 0 Å². The van der Waals surface area contributed by atoms with Crippen molar-refractivity contribution in [1.29, 1.82) is 5.26 Å². The van der Waals surface area contributed by atoms with E-state index in [1.165, 1.54) is 5.56 Å². The Hall–Kier alpha value is -1.29. The van der Waals surface area contributed by atoms with Crippen LogP contribution in [0, 0.1) is 11.3 Å². The standard InChI is InChI=1S/C13H17N/c1-10(2)11-7-5-6-8-12(11)13(3,4)9-14/h5-8,10H,1-4H3. The summed E-state index contributed by atoms with van der Waals surface area (Å²) in [5, 5.41) is 9.10. The first-order valence-corrected chi connectivity index (χ1v) is 4.99. The van der Waals surface area contributed by atoms with E-state index in [-0.39, 0.29) is 5.41 Å². The Balaban J connectivity index is 3.29. The summed E-state index contributed by atoms with van der Waals surface area (Å²) in [7, 11) is 0. The minimum Gasteiger partial charge on any atom is -0.197 e. The summed E-state index contributed by atoms with van der Waals surface area (Å²) in [6, 6.07) is 10.6. The van der Waals surface area contributed by atoms with Gasteiger partial charge >= 0.3 is 0 Å². The molecule has 0 radical (unpaired) electrons. The Morgan fingerprint density at radius 3 is 2.29 bits per heavy atom. The Morgan fingerprint density at radius 2 is 1.79 bits per heavy atom. The molecule has 0 aliphatic heterocycles. The third-order valence-corrected chi connectivity index (χ3v) is 2.54. The largest absolute Gasteiger partial charge is 0.197 e. The molecule has 0 bridgehead atoms. The molecule has 1 nitrogen and oxygen atoms in total. The fourth-order valence-electron chi connectivity index (χ4n) is 1.63. The number of nitriles is 1. The van der Waals surface area contributed by atoms with Crippen LogP contribution in [0.15, 0.2) is 24.3 Å². The lowest BCUT2D eigenvalue weighted by atomic mass is 9.80. The first-order chi connectivity index (χ1) is 6.49. The van der Waals surface area contributed by atoms with Gasteiger partial charge in [-0.2, -0.15) is 5.26 Å². The van der Waals surface area contributed by atoms with Gasteiger partial charge in [0.2, 0.25) is 0 Å². The summed E-state index contributed by atoms with van der Waals surface area (Å²) in [5.74, 6) is 0.471. The predicted molar refractivity (Wildman–Crippen MR) is 59.2 cm³/mol. The van der Waals surface area contributed by atoms with Gasteiger partial charge in [-0.1, -0.05) is 38.1 Å². The van der Waals surface area contributed by atoms with Gasteiger partial charge in [0, 0.05) is 0 Å². The Bertz CT molecular complexity index is 356. The molecule has 1 heteroatoms. The summed E-state index contributed by atoms with van der Waals surface area (Å²) in [4.78, 5) is 0. The molecule has 0 unspecified atom stereocenters. The van der Waals surface area contributed by atoms with Crippen LogP contribution in [-0.2, 0) is 5.41 Å². The number of nitrogens with zero attached hydrogens (tertiary/aromatic N) is 1. The van der Waals surface area contributed by atoms with E-state index in [0.29, 0.717) is 5.92 Å². The highest BCUT2D eigenvalue weighted by Crippen LogP contribution is 2.29. The van der Waals surface area contributed by atoms with Crippen molar-refractivity contribution in [3.8, 4) is 6.07 Å². The van der Waals surface area contributed by atoms with Crippen molar-refractivity contribution < 1.29 is 0 Å². The second kappa shape index (κ2) is 3.84. The summed E-state index contributed by atoms with van der Waals surface area (Å²) in [5.41, 5.74) is 2.04. The predicted octanol–water partition coefficient (Wildman–Crippen LogP) is 3.61. The van der Waals surface area contributed by atoms with Gasteiger partial charge in [0.15, 0.2) is 0 Å². The fraction of sp³-hybridized carbons (Fsp3) is 0.462. The van der Waals surface area contributed by atoms with Gasteiger partial charge in [-0.15, -0.1) is 0 Å². The quantitative estimate of drug-likeness (QED) is 0.693. The van der Waals surface area contributed by atoms with E-state index in [1.54, 1.807) is 0 Å². The van der Waals surface area contributed by atoms with Crippen LogP contribution in [0.5, 0.6) is 0 Å². The van der Waals surface area contributed by atoms with Crippen LogP contribution < -0.4 is 0 Å². The van der Waals surface area contributed by atoms with Crippen LogP contribution in [0.4, 0.5) is 0 Å². The molecular weight excluding hydrogens is 170 g/mol. The highest BCUT2D eigenvalue weighted by Gasteiger charge is 2.23. The lowest BCUT2D eigenvalue weighted by molar-refractivity contribution is 0.664. The number of rotatable bonds is 2. The van der Waals surface area contributed by atoms with Gasteiger partial charge in [-0.25, -0.2) is 0 Å². The first kappa shape index (κ1) is 10.8. The third-order valence-electron chi connectivity index (χ3n) is 2.54. The van der Waals surface area contributed by atoms with Gasteiger partial charge < -0.3 is 0 Å². The van der Waals surface area contributed by atoms with Gasteiger partial charge in [0.05, 0.1) is 11.5 Å². The summed E-state index contributed by atoms with van der Waals surface area (Å²) in [6.45, 7) is 8.25. The van der Waals surface area contributed by atoms with E-state index < -0.39 is 0 Å². The maximum atomic E-state index is 9.10. The fourth-order valence-corrected chi connectivity index (χ4v) is 1.63. The zero-order chi connectivity index (χ0) is 10.8. The van der Waals surface area contributed by atoms with Crippen molar-refractivity contribution in [2.75, 3.05) is 0 Å². The number of hydrogen-bond acceptors (Lipinski definition) is 1. The average Bonchev–Trinajstić information content (AvgIpc) is 2.18.